The number of rotatable bonds is 7. The Labute approximate surface area is 212 Å². The predicted molar refractivity (Wildman–Crippen MR) is 151 cm³/mol. The van der Waals surface area contributed by atoms with Gasteiger partial charge in [-0.05, 0) is 86.7 Å². The molecule has 2 saturated carbocycles. The third-order valence-electron chi connectivity index (χ3n) is 7.74. The van der Waals surface area contributed by atoms with Crippen LogP contribution in [0.15, 0.2) is 48.5 Å². The molecule has 0 saturated heterocycles. The molecule has 2 nitrogen and oxygen atoms in total. The molecule has 34 heavy (non-hydrogen) atoms. The summed E-state index contributed by atoms with van der Waals surface area (Å²) >= 11 is 0. The molecule has 1 N–H and O–H groups in total. The monoisotopic (exact) mass is 497 g/mol. The van der Waals surface area contributed by atoms with Crippen LogP contribution in [-0.4, -0.2) is 20.3 Å². The highest BCUT2D eigenvalue weighted by Crippen LogP contribution is 2.56. The molecule has 186 valence electrons. The van der Waals surface area contributed by atoms with Crippen LogP contribution in [0.3, 0.4) is 0 Å². The van der Waals surface area contributed by atoms with Gasteiger partial charge in [-0.25, -0.2) is 8.93 Å². The van der Waals surface area contributed by atoms with E-state index in [4.69, 9.17) is 0 Å². The molecule has 1 unspecified atom stereocenters. The van der Waals surface area contributed by atoms with Crippen molar-refractivity contribution in [3.8, 4) is 0 Å². The van der Waals surface area contributed by atoms with E-state index in [1.807, 2.05) is 0 Å². The van der Waals surface area contributed by atoms with E-state index in [-0.39, 0.29) is 18.7 Å². The zero-order valence-corrected chi connectivity index (χ0v) is 23.4. The lowest BCUT2D eigenvalue weighted by Gasteiger charge is -2.40. The second-order valence-corrected chi connectivity index (χ2v) is 16.1. The van der Waals surface area contributed by atoms with Crippen molar-refractivity contribution in [2.75, 3.05) is 0 Å². The summed E-state index contributed by atoms with van der Waals surface area (Å²) in [6.07, 6.45) is 14.0. The first-order chi connectivity index (χ1) is 16.4. The van der Waals surface area contributed by atoms with Crippen LogP contribution in [0, 0.1) is 6.92 Å². The summed E-state index contributed by atoms with van der Waals surface area (Å²) in [5, 5.41) is 1.59. The molecule has 2 aliphatic rings. The van der Waals surface area contributed by atoms with Crippen molar-refractivity contribution in [1.29, 1.82) is 0 Å². The van der Waals surface area contributed by atoms with E-state index in [0.717, 1.165) is 11.3 Å². The first kappa shape index (κ1) is 26.1. The van der Waals surface area contributed by atoms with Crippen LogP contribution >= 0.6 is 7.92 Å². The van der Waals surface area contributed by atoms with E-state index < -0.39 is 11.0 Å². The molecule has 2 atom stereocenters. The van der Waals surface area contributed by atoms with Crippen LogP contribution in [0.5, 0.6) is 0 Å². The lowest BCUT2D eigenvalue weighted by molar-refractivity contribution is 0.487. The van der Waals surface area contributed by atoms with Gasteiger partial charge in [0.1, 0.15) is 0 Å². The highest BCUT2D eigenvalue weighted by atomic mass is 32.2. The molecule has 4 heteroatoms. The average Bonchev–Trinajstić information content (AvgIpc) is 2.84. The number of aryl methyl sites for hydroxylation is 1. The third-order valence-corrected chi connectivity index (χ3v) is 12.9. The van der Waals surface area contributed by atoms with Crippen molar-refractivity contribution in [3.63, 3.8) is 0 Å². The van der Waals surface area contributed by atoms with E-state index in [2.05, 4.69) is 80.9 Å². The van der Waals surface area contributed by atoms with Gasteiger partial charge in [-0.2, -0.15) is 0 Å². The van der Waals surface area contributed by atoms with Gasteiger partial charge in [-0.1, -0.05) is 95.0 Å². The van der Waals surface area contributed by atoms with Crippen molar-refractivity contribution in [2.45, 2.75) is 114 Å². The smallest absolute Gasteiger partial charge is 0.0979 e. The minimum absolute atomic E-state index is 0.0466. The van der Waals surface area contributed by atoms with E-state index in [0.29, 0.717) is 0 Å². The Morgan fingerprint density at radius 2 is 1.29 bits per heavy atom. The molecule has 0 spiro atoms. The first-order valence-corrected chi connectivity index (χ1v) is 16.1. The Morgan fingerprint density at radius 1 is 0.794 bits per heavy atom. The Kier molecular flexibility index (Phi) is 9.05. The summed E-state index contributed by atoms with van der Waals surface area (Å²) in [6.45, 7) is 8.38. The van der Waals surface area contributed by atoms with Crippen LogP contribution in [0.1, 0.15) is 108 Å². The van der Waals surface area contributed by atoms with Crippen LogP contribution in [0.25, 0.3) is 0 Å². The molecule has 2 aromatic rings. The lowest BCUT2D eigenvalue weighted by atomic mass is 9.96. The van der Waals surface area contributed by atoms with Gasteiger partial charge in [-0.3, -0.25) is 0 Å². The average molecular weight is 498 g/mol. The molecule has 0 bridgehead atoms. The summed E-state index contributed by atoms with van der Waals surface area (Å²) in [5.74, 6) is 0. The Hall–Kier alpha value is -1.02. The molecule has 0 amide bonds. The van der Waals surface area contributed by atoms with Crippen LogP contribution in [-0.2, 0) is 11.0 Å². The van der Waals surface area contributed by atoms with E-state index in [1.54, 1.807) is 5.30 Å². The zero-order valence-electron chi connectivity index (χ0n) is 21.7. The quantitative estimate of drug-likeness (QED) is 0.387. The summed E-state index contributed by atoms with van der Waals surface area (Å²) < 4.78 is 16.7. The molecule has 0 radical (unpaired) electrons. The molecule has 0 heterocycles. The van der Waals surface area contributed by atoms with Crippen LogP contribution in [0.2, 0.25) is 0 Å². The fraction of sp³-hybridized carbons (Fsp3) is 0.600. The number of hydrogen-bond acceptors (Lipinski definition) is 1. The van der Waals surface area contributed by atoms with Crippen molar-refractivity contribution < 1.29 is 4.21 Å². The van der Waals surface area contributed by atoms with Crippen LogP contribution in [0.4, 0.5) is 0 Å². The minimum Gasteiger partial charge on any atom is -0.242 e. The second-order valence-electron chi connectivity index (χ2n) is 11.3. The SMILES string of the molecule is Cc1ccccc1[C@@H](NS(=O)C(C)(C)C)c1ccccc1P(C1CCCCC1)C1CCCCC1. The Morgan fingerprint density at radius 3 is 1.82 bits per heavy atom. The van der Waals surface area contributed by atoms with Gasteiger partial charge in [0, 0.05) is 0 Å². The van der Waals surface area contributed by atoms with E-state index >= 15 is 0 Å². The summed E-state index contributed by atoms with van der Waals surface area (Å²) in [4.78, 5) is 0. The van der Waals surface area contributed by atoms with Crippen molar-refractivity contribution in [3.05, 3.63) is 65.2 Å². The molecule has 0 aliphatic heterocycles. The minimum atomic E-state index is -1.15. The Bertz CT molecular complexity index is 938. The maximum absolute atomic E-state index is 13.4. The fourth-order valence-electron chi connectivity index (χ4n) is 5.87. The van der Waals surface area contributed by atoms with Gasteiger partial charge >= 0.3 is 0 Å². The fourth-order valence-corrected chi connectivity index (χ4v) is 10.7. The van der Waals surface area contributed by atoms with E-state index in [9.17, 15) is 4.21 Å². The largest absolute Gasteiger partial charge is 0.242 e. The topological polar surface area (TPSA) is 29.1 Å². The highest BCUT2D eigenvalue weighted by Gasteiger charge is 2.35. The molecule has 4 rings (SSSR count). The number of benzene rings is 2. The highest BCUT2D eigenvalue weighted by molar-refractivity contribution is 7.84. The number of hydrogen-bond donors (Lipinski definition) is 1. The summed E-state index contributed by atoms with van der Waals surface area (Å²) in [6, 6.07) is 17.8. The third kappa shape index (κ3) is 6.21. The van der Waals surface area contributed by atoms with E-state index in [1.165, 1.54) is 80.9 Å². The molecular formula is C30H44NOPS. The van der Waals surface area contributed by atoms with Gasteiger partial charge in [0.05, 0.1) is 21.8 Å². The first-order valence-electron chi connectivity index (χ1n) is 13.5. The second kappa shape index (κ2) is 11.8. The predicted octanol–water partition coefficient (Wildman–Crippen LogP) is 7.91. The molecule has 0 aromatic heterocycles. The van der Waals surface area contributed by atoms with Gasteiger partial charge < -0.3 is 0 Å². The lowest BCUT2D eigenvalue weighted by Crippen LogP contribution is -2.38. The van der Waals surface area contributed by atoms with Crippen LogP contribution < -0.4 is 10.0 Å². The molecule has 2 aromatic carbocycles. The van der Waals surface area contributed by atoms with Crippen molar-refractivity contribution in [1.82, 2.24) is 4.72 Å². The van der Waals surface area contributed by atoms with Crippen molar-refractivity contribution in [2.24, 2.45) is 0 Å². The summed E-state index contributed by atoms with van der Waals surface area (Å²) in [5.41, 5.74) is 5.59. The van der Waals surface area contributed by atoms with Crippen molar-refractivity contribution >= 4 is 24.2 Å². The molecular weight excluding hydrogens is 453 g/mol. The maximum atomic E-state index is 13.4. The molecule has 2 aliphatic carbocycles. The Balaban J connectivity index is 1.81. The molecule has 2 fully saturated rings. The zero-order chi connectivity index (χ0) is 24.1. The van der Waals surface area contributed by atoms with Gasteiger partial charge in [0.2, 0.25) is 0 Å². The van der Waals surface area contributed by atoms with Gasteiger partial charge in [-0.15, -0.1) is 0 Å². The normalized spacial score (nSPS) is 20.4. The summed E-state index contributed by atoms with van der Waals surface area (Å²) in [7, 11) is -1.39. The maximum Gasteiger partial charge on any atom is 0.0979 e. The standard InChI is InChI=1S/C30H44NOPS/c1-23-15-11-12-20-26(23)29(31-34(32)30(2,3)4)27-21-13-14-22-28(27)33(24-16-7-5-8-17-24)25-18-9-6-10-19-25/h11-15,20-22,24-25,29,31H,5-10,16-19H2,1-4H3/t29-,34?/m1/s1. The van der Waals surface area contributed by atoms with Gasteiger partial charge in [0.15, 0.2) is 0 Å². The number of nitrogens with one attached hydrogen (secondary N) is 1. The van der Waals surface area contributed by atoms with Gasteiger partial charge in [0.25, 0.3) is 0 Å².